The summed E-state index contributed by atoms with van der Waals surface area (Å²) >= 11 is 0. The third-order valence-corrected chi connectivity index (χ3v) is 4.43. The van der Waals surface area contributed by atoms with Gasteiger partial charge < -0.3 is 9.80 Å². The SMILES string of the molecule is CC(C)c1nccc(N2CCN(C(=O)Cc3ccccc3F)CC2)n1. The normalized spacial score (nSPS) is 14.9. The molecule has 2 aromatic rings. The van der Waals surface area contributed by atoms with Crippen molar-refractivity contribution in [3.8, 4) is 0 Å². The van der Waals surface area contributed by atoms with Crippen molar-refractivity contribution in [3.05, 3.63) is 53.7 Å². The van der Waals surface area contributed by atoms with Crippen LogP contribution in [0.2, 0.25) is 0 Å². The Bertz CT molecular complexity index is 742. The minimum Gasteiger partial charge on any atom is -0.353 e. The molecule has 1 fully saturated rings. The van der Waals surface area contributed by atoms with Gasteiger partial charge in [-0.25, -0.2) is 14.4 Å². The van der Waals surface area contributed by atoms with E-state index in [0.717, 1.165) is 24.7 Å². The van der Waals surface area contributed by atoms with Crippen LogP contribution >= 0.6 is 0 Å². The second-order valence-corrected chi connectivity index (χ2v) is 6.56. The zero-order valence-electron chi connectivity index (χ0n) is 14.7. The number of hydrogen-bond donors (Lipinski definition) is 0. The lowest BCUT2D eigenvalue weighted by atomic mass is 10.1. The van der Waals surface area contributed by atoms with Crippen LogP contribution in [-0.4, -0.2) is 47.0 Å². The number of amides is 1. The molecule has 0 N–H and O–H groups in total. The molecule has 0 aliphatic carbocycles. The van der Waals surface area contributed by atoms with Crippen LogP contribution < -0.4 is 4.90 Å². The summed E-state index contributed by atoms with van der Waals surface area (Å²) in [6.45, 7) is 6.81. The first-order chi connectivity index (χ1) is 12.0. The maximum Gasteiger partial charge on any atom is 0.227 e. The third kappa shape index (κ3) is 4.13. The number of benzene rings is 1. The highest BCUT2D eigenvalue weighted by Gasteiger charge is 2.23. The van der Waals surface area contributed by atoms with E-state index in [2.05, 4.69) is 28.7 Å². The summed E-state index contributed by atoms with van der Waals surface area (Å²) in [5.41, 5.74) is 0.451. The number of carbonyl (C=O) groups is 1. The Kier molecular flexibility index (Phi) is 5.26. The summed E-state index contributed by atoms with van der Waals surface area (Å²) in [7, 11) is 0. The second kappa shape index (κ2) is 7.59. The van der Waals surface area contributed by atoms with Crippen molar-refractivity contribution in [2.24, 2.45) is 0 Å². The van der Waals surface area contributed by atoms with Crippen LogP contribution in [0.3, 0.4) is 0 Å². The van der Waals surface area contributed by atoms with E-state index in [1.165, 1.54) is 6.07 Å². The van der Waals surface area contributed by atoms with E-state index in [0.29, 0.717) is 18.7 Å². The maximum absolute atomic E-state index is 13.7. The van der Waals surface area contributed by atoms with E-state index in [1.54, 1.807) is 29.3 Å². The maximum atomic E-state index is 13.7. The lowest BCUT2D eigenvalue weighted by molar-refractivity contribution is -0.130. The molecule has 1 aromatic carbocycles. The molecule has 0 unspecified atom stereocenters. The summed E-state index contributed by atoms with van der Waals surface area (Å²) in [4.78, 5) is 25.3. The lowest BCUT2D eigenvalue weighted by Gasteiger charge is -2.35. The van der Waals surface area contributed by atoms with Crippen molar-refractivity contribution in [2.45, 2.75) is 26.2 Å². The Labute approximate surface area is 147 Å². The summed E-state index contributed by atoms with van der Waals surface area (Å²) in [5.74, 6) is 1.66. The Morgan fingerprint density at radius 3 is 2.56 bits per heavy atom. The number of aromatic nitrogens is 2. The molecule has 132 valence electrons. The molecule has 2 heterocycles. The van der Waals surface area contributed by atoms with E-state index in [1.807, 2.05) is 6.07 Å². The van der Waals surface area contributed by atoms with Gasteiger partial charge in [0.05, 0.1) is 6.42 Å². The zero-order chi connectivity index (χ0) is 17.8. The third-order valence-electron chi connectivity index (χ3n) is 4.43. The monoisotopic (exact) mass is 342 g/mol. The van der Waals surface area contributed by atoms with Crippen LogP contribution in [0.1, 0.15) is 31.2 Å². The first-order valence-electron chi connectivity index (χ1n) is 8.63. The minimum absolute atomic E-state index is 0.0321. The average molecular weight is 342 g/mol. The fourth-order valence-electron chi connectivity index (χ4n) is 2.92. The molecule has 0 atom stereocenters. The molecule has 1 amide bonds. The van der Waals surface area contributed by atoms with Crippen LogP contribution in [0.5, 0.6) is 0 Å². The number of anilines is 1. The predicted octanol–water partition coefficient (Wildman–Crippen LogP) is 2.63. The Balaban J connectivity index is 1.59. The molecule has 1 aromatic heterocycles. The second-order valence-electron chi connectivity index (χ2n) is 6.56. The van der Waals surface area contributed by atoms with Crippen LogP contribution in [-0.2, 0) is 11.2 Å². The highest BCUT2D eigenvalue weighted by atomic mass is 19.1. The number of carbonyl (C=O) groups excluding carboxylic acids is 1. The highest BCUT2D eigenvalue weighted by Crippen LogP contribution is 2.17. The summed E-state index contributed by atoms with van der Waals surface area (Å²) in [6.07, 6.45) is 1.89. The van der Waals surface area contributed by atoms with E-state index in [4.69, 9.17) is 0 Å². The number of rotatable bonds is 4. The molecule has 25 heavy (non-hydrogen) atoms. The van der Waals surface area contributed by atoms with Gasteiger partial charge in [-0.1, -0.05) is 32.0 Å². The van der Waals surface area contributed by atoms with E-state index >= 15 is 0 Å². The van der Waals surface area contributed by atoms with Crippen LogP contribution in [0.4, 0.5) is 10.2 Å². The molecule has 3 rings (SSSR count). The summed E-state index contributed by atoms with van der Waals surface area (Å²) in [5, 5.41) is 0. The molecule has 0 bridgehead atoms. The van der Waals surface area contributed by atoms with Crippen molar-refractivity contribution in [2.75, 3.05) is 31.1 Å². The Morgan fingerprint density at radius 2 is 1.88 bits per heavy atom. The van der Waals surface area contributed by atoms with Gasteiger partial charge in [0.2, 0.25) is 5.91 Å². The van der Waals surface area contributed by atoms with Crippen molar-refractivity contribution < 1.29 is 9.18 Å². The molecule has 1 aliphatic heterocycles. The first kappa shape index (κ1) is 17.3. The number of hydrogen-bond acceptors (Lipinski definition) is 4. The minimum atomic E-state index is -0.323. The smallest absolute Gasteiger partial charge is 0.227 e. The molecular weight excluding hydrogens is 319 g/mol. The largest absolute Gasteiger partial charge is 0.353 e. The van der Waals surface area contributed by atoms with Crippen molar-refractivity contribution in [3.63, 3.8) is 0 Å². The van der Waals surface area contributed by atoms with Crippen LogP contribution in [0, 0.1) is 5.82 Å². The number of halogens is 1. The lowest BCUT2D eigenvalue weighted by Crippen LogP contribution is -2.49. The summed E-state index contributed by atoms with van der Waals surface area (Å²) in [6, 6.07) is 8.35. The molecular formula is C19H23FN4O. The quantitative estimate of drug-likeness (QED) is 0.857. The summed E-state index contributed by atoms with van der Waals surface area (Å²) < 4.78 is 13.7. The van der Waals surface area contributed by atoms with Crippen LogP contribution in [0.25, 0.3) is 0 Å². The van der Waals surface area contributed by atoms with Crippen LogP contribution in [0.15, 0.2) is 36.5 Å². The molecule has 1 saturated heterocycles. The fourth-order valence-corrected chi connectivity index (χ4v) is 2.92. The molecule has 0 saturated carbocycles. The molecule has 0 radical (unpaired) electrons. The van der Waals surface area contributed by atoms with Gasteiger partial charge in [-0.3, -0.25) is 4.79 Å². The molecule has 0 spiro atoms. The molecule has 6 heteroatoms. The van der Waals surface area contributed by atoms with Crippen molar-refractivity contribution >= 4 is 11.7 Å². The zero-order valence-corrected chi connectivity index (χ0v) is 14.7. The van der Waals surface area contributed by atoms with Gasteiger partial charge in [-0.05, 0) is 17.7 Å². The van der Waals surface area contributed by atoms with E-state index in [9.17, 15) is 9.18 Å². The Hall–Kier alpha value is -2.50. The molecule has 5 nitrogen and oxygen atoms in total. The van der Waals surface area contributed by atoms with Gasteiger partial charge >= 0.3 is 0 Å². The van der Waals surface area contributed by atoms with E-state index in [-0.39, 0.29) is 24.1 Å². The van der Waals surface area contributed by atoms with Gasteiger partial charge in [0, 0.05) is 38.3 Å². The highest BCUT2D eigenvalue weighted by molar-refractivity contribution is 5.79. The number of nitrogens with zero attached hydrogens (tertiary/aromatic N) is 4. The standard InChI is InChI=1S/C19H23FN4O/c1-14(2)19-21-8-7-17(22-19)23-9-11-24(12-10-23)18(25)13-15-5-3-4-6-16(15)20/h3-8,14H,9-13H2,1-2H3. The van der Waals surface area contributed by atoms with Gasteiger partial charge in [0.15, 0.2) is 0 Å². The topological polar surface area (TPSA) is 49.3 Å². The van der Waals surface area contributed by atoms with Gasteiger partial charge in [-0.15, -0.1) is 0 Å². The van der Waals surface area contributed by atoms with E-state index < -0.39 is 0 Å². The van der Waals surface area contributed by atoms with Crippen molar-refractivity contribution in [1.29, 1.82) is 0 Å². The Morgan fingerprint density at radius 1 is 1.16 bits per heavy atom. The van der Waals surface area contributed by atoms with Crippen molar-refractivity contribution in [1.82, 2.24) is 14.9 Å². The fraction of sp³-hybridized carbons (Fsp3) is 0.421. The van der Waals surface area contributed by atoms with Gasteiger partial charge in [0.1, 0.15) is 17.5 Å². The van der Waals surface area contributed by atoms with Gasteiger partial charge in [-0.2, -0.15) is 0 Å². The molecule has 1 aliphatic rings. The predicted molar refractivity (Wildman–Crippen MR) is 95.0 cm³/mol. The first-order valence-corrected chi connectivity index (χ1v) is 8.63. The number of piperazine rings is 1. The van der Waals surface area contributed by atoms with Gasteiger partial charge in [0.25, 0.3) is 0 Å². The average Bonchev–Trinajstić information content (AvgIpc) is 2.64.